The molecule has 0 spiro atoms. The molecule has 28 heavy (non-hydrogen) atoms. The molecule has 1 aromatic heterocycles. The van der Waals surface area contributed by atoms with Crippen LogP contribution in [0.5, 0.6) is 5.75 Å². The molecule has 2 aromatic carbocycles. The van der Waals surface area contributed by atoms with E-state index in [0.29, 0.717) is 16.2 Å². The minimum atomic E-state index is -0.499. The Morgan fingerprint density at radius 3 is 2.29 bits per heavy atom. The van der Waals surface area contributed by atoms with Crippen molar-refractivity contribution >= 4 is 28.5 Å². The molecular weight excluding hydrogens is 376 g/mol. The van der Waals surface area contributed by atoms with Crippen molar-refractivity contribution in [2.24, 2.45) is 5.92 Å². The Labute approximate surface area is 169 Å². The van der Waals surface area contributed by atoms with Crippen LogP contribution < -0.4 is 10.2 Å². The highest BCUT2D eigenvalue weighted by atomic mass is 35.5. The maximum atomic E-state index is 13.1. The molecule has 0 radical (unpaired) electrons. The fraction of sp³-hybridized carbons (Fsp3) is 0.304. The first-order valence-corrected chi connectivity index (χ1v) is 9.54. The van der Waals surface area contributed by atoms with Gasteiger partial charge in [-0.3, -0.25) is 9.59 Å². The Morgan fingerprint density at radius 1 is 1.07 bits per heavy atom. The van der Waals surface area contributed by atoms with Crippen molar-refractivity contribution in [3.05, 3.63) is 63.3 Å². The predicted octanol–water partition coefficient (Wildman–Crippen LogP) is 5.97. The number of hydrogen-bond acceptors (Lipinski definition) is 4. The lowest BCUT2D eigenvalue weighted by molar-refractivity contribution is -0.137. The molecule has 0 unspecified atom stereocenters. The molecular formula is C23H23ClO4. The SMILES string of the molecule is CC(C)C(=O)Oc1c(-c2ccc(C(C)(C)C)cc2)oc2ccc(Cl)cc2c1=O. The van der Waals surface area contributed by atoms with E-state index in [0.717, 1.165) is 5.56 Å². The van der Waals surface area contributed by atoms with Gasteiger partial charge >= 0.3 is 5.97 Å². The number of rotatable bonds is 3. The van der Waals surface area contributed by atoms with E-state index in [1.165, 1.54) is 6.07 Å². The van der Waals surface area contributed by atoms with Gasteiger partial charge in [-0.05, 0) is 29.2 Å². The normalized spacial score (nSPS) is 11.8. The number of halogens is 1. The van der Waals surface area contributed by atoms with Crippen LogP contribution in [0.25, 0.3) is 22.3 Å². The quantitative estimate of drug-likeness (QED) is 0.510. The molecule has 0 aliphatic rings. The highest BCUT2D eigenvalue weighted by Crippen LogP contribution is 2.33. The number of esters is 1. The highest BCUT2D eigenvalue weighted by Gasteiger charge is 2.22. The molecule has 3 aromatic rings. The molecule has 146 valence electrons. The van der Waals surface area contributed by atoms with Crippen molar-refractivity contribution in [2.75, 3.05) is 0 Å². The summed E-state index contributed by atoms with van der Waals surface area (Å²) in [4.78, 5) is 25.3. The average molecular weight is 399 g/mol. The first-order chi connectivity index (χ1) is 13.1. The summed E-state index contributed by atoms with van der Waals surface area (Å²) in [5, 5.41) is 0.678. The number of benzene rings is 2. The van der Waals surface area contributed by atoms with Gasteiger partial charge in [0, 0.05) is 10.6 Å². The van der Waals surface area contributed by atoms with Gasteiger partial charge in [-0.2, -0.15) is 0 Å². The van der Waals surface area contributed by atoms with Crippen molar-refractivity contribution < 1.29 is 13.9 Å². The van der Waals surface area contributed by atoms with Gasteiger partial charge in [0.1, 0.15) is 5.58 Å². The molecule has 0 aliphatic carbocycles. The molecule has 0 fully saturated rings. The summed E-state index contributed by atoms with van der Waals surface area (Å²) in [5.74, 6) is -0.766. The van der Waals surface area contributed by atoms with Gasteiger partial charge < -0.3 is 9.15 Å². The van der Waals surface area contributed by atoms with E-state index in [4.69, 9.17) is 20.8 Å². The summed E-state index contributed by atoms with van der Waals surface area (Å²) in [7, 11) is 0. The Balaban J connectivity index is 2.23. The molecule has 0 atom stereocenters. The third-order valence-electron chi connectivity index (χ3n) is 4.50. The summed E-state index contributed by atoms with van der Waals surface area (Å²) in [5.41, 5.74) is 1.76. The zero-order valence-electron chi connectivity index (χ0n) is 16.6. The predicted molar refractivity (Wildman–Crippen MR) is 112 cm³/mol. The van der Waals surface area contributed by atoms with Gasteiger partial charge in [0.25, 0.3) is 0 Å². The minimum absolute atomic E-state index is 0.00750. The smallest absolute Gasteiger partial charge is 0.314 e. The van der Waals surface area contributed by atoms with Crippen LogP contribution >= 0.6 is 11.6 Å². The van der Waals surface area contributed by atoms with Gasteiger partial charge in [-0.25, -0.2) is 0 Å². The highest BCUT2D eigenvalue weighted by molar-refractivity contribution is 6.31. The van der Waals surface area contributed by atoms with Crippen LogP contribution in [0, 0.1) is 5.92 Å². The van der Waals surface area contributed by atoms with E-state index >= 15 is 0 Å². The van der Waals surface area contributed by atoms with Gasteiger partial charge in [0.05, 0.1) is 11.3 Å². The lowest BCUT2D eigenvalue weighted by Crippen LogP contribution is -2.20. The fourth-order valence-electron chi connectivity index (χ4n) is 2.77. The fourth-order valence-corrected chi connectivity index (χ4v) is 2.95. The molecule has 0 saturated heterocycles. The molecule has 4 nitrogen and oxygen atoms in total. The molecule has 0 amide bonds. The molecule has 0 saturated carbocycles. The van der Waals surface area contributed by atoms with Crippen molar-refractivity contribution in [1.29, 1.82) is 0 Å². The Morgan fingerprint density at radius 2 is 1.71 bits per heavy atom. The summed E-state index contributed by atoms with van der Waals surface area (Å²) in [6, 6.07) is 12.5. The maximum Gasteiger partial charge on any atom is 0.314 e. The average Bonchev–Trinajstić information content (AvgIpc) is 2.63. The molecule has 1 heterocycles. The van der Waals surface area contributed by atoms with E-state index < -0.39 is 11.4 Å². The van der Waals surface area contributed by atoms with Gasteiger partial charge in [-0.15, -0.1) is 0 Å². The second-order valence-corrected chi connectivity index (χ2v) is 8.57. The topological polar surface area (TPSA) is 56.5 Å². The number of carbonyl (C=O) groups excluding carboxylic acids is 1. The zero-order valence-corrected chi connectivity index (χ0v) is 17.4. The van der Waals surface area contributed by atoms with Crippen LogP contribution in [-0.2, 0) is 10.2 Å². The van der Waals surface area contributed by atoms with Crippen molar-refractivity contribution in [2.45, 2.75) is 40.0 Å². The molecule has 0 aliphatic heterocycles. The standard InChI is InChI=1S/C23H23ClO4/c1-13(2)22(26)28-21-19(25)17-12-16(24)10-11-18(17)27-20(21)14-6-8-15(9-7-14)23(3,4)5/h6-13H,1-5H3. The summed E-state index contributed by atoms with van der Waals surface area (Å²) >= 11 is 6.03. The summed E-state index contributed by atoms with van der Waals surface area (Å²) in [6.45, 7) is 9.78. The van der Waals surface area contributed by atoms with E-state index in [1.807, 2.05) is 24.3 Å². The van der Waals surface area contributed by atoms with E-state index in [-0.39, 0.29) is 28.2 Å². The van der Waals surface area contributed by atoms with Crippen LogP contribution in [0.3, 0.4) is 0 Å². The first-order valence-electron chi connectivity index (χ1n) is 9.17. The van der Waals surface area contributed by atoms with Crippen molar-refractivity contribution in [3.63, 3.8) is 0 Å². The lowest BCUT2D eigenvalue weighted by atomic mass is 9.86. The molecule has 5 heteroatoms. The third kappa shape index (κ3) is 3.97. The Hall–Kier alpha value is -2.59. The van der Waals surface area contributed by atoms with Crippen molar-refractivity contribution in [3.8, 4) is 17.1 Å². The van der Waals surface area contributed by atoms with Crippen LogP contribution in [0.1, 0.15) is 40.2 Å². The van der Waals surface area contributed by atoms with Gasteiger partial charge in [0.2, 0.25) is 11.2 Å². The lowest BCUT2D eigenvalue weighted by Gasteiger charge is -2.19. The first kappa shape index (κ1) is 20.2. The third-order valence-corrected chi connectivity index (χ3v) is 4.73. The van der Waals surface area contributed by atoms with Crippen LogP contribution in [0.4, 0.5) is 0 Å². The summed E-state index contributed by atoms with van der Waals surface area (Å²) < 4.78 is 11.4. The zero-order chi connectivity index (χ0) is 20.6. The van der Waals surface area contributed by atoms with E-state index in [9.17, 15) is 9.59 Å². The van der Waals surface area contributed by atoms with Crippen LogP contribution in [0.2, 0.25) is 5.02 Å². The minimum Gasteiger partial charge on any atom is -0.452 e. The second kappa shape index (κ2) is 7.44. The molecule has 0 N–H and O–H groups in total. The maximum absolute atomic E-state index is 13.1. The summed E-state index contributed by atoms with van der Waals surface area (Å²) in [6.07, 6.45) is 0. The molecule has 3 rings (SSSR count). The van der Waals surface area contributed by atoms with Gasteiger partial charge in [0.15, 0.2) is 5.76 Å². The van der Waals surface area contributed by atoms with Crippen molar-refractivity contribution in [1.82, 2.24) is 0 Å². The molecule has 0 bridgehead atoms. The van der Waals surface area contributed by atoms with Gasteiger partial charge in [-0.1, -0.05) is 70.5 Å². The van der Waals surface area contributed by atoms with E-state index in [1.54, 1.807) is 26.0 Å². The second-order valence-electron chi connectivity index (χ2n) is 8.13. The van der Waals surface area contributed by atoms with E-state index in [2.05, 4.69) is 20.8 Å². The van der Waals surface area contributed by atoms with Crippen LogP contribution in [0.15, 0.2) is 51.7 Å². The Kier molecular flexibility index (Phi) is 5.35. The number of fused-ring (bicyclic) bond motifs is 1. The Bertz CT molecular complexity index is 1090. The number of ether oxygens (including phenoxy) is 1. The largest absolute Gasteiger partial charge is 0.452 e. The van der Waals surface area contributed by atoms with Crippen LogP contribution in [-0.4, -0.2) is 5.97 Å². The monoisotopic (exact) mass is 398 g/mol. The number of hydrogen-bond donors (Lipinski definition) is 0. The number of carbonyl (C=O) groups is 1.